The van der Waals surface area contributed by atoms with Gasteiger partial charge in [-0.2, -0.15) is 0 Å². The molecule has 7 heteroatoms. The van der Waals surface area contributed by atoms with Crippen LogP contribution in [0.1, 0.15) is 27.3 Å². The second-order valence-corrected chi connectivity index (χ2v) is 7.19. The molecule has 0 aliphatic heterocycles. The standard InChI is InChI=1S/C21H20Cl2N4O/c1-12-4-6-15(21(28)24-3)13(2)20(12)26-11-19-25-9-8-18(27-19)16-10-14(22)5-7-17(16)23/h4-10,26H,11H2,1-3H3,(H,24,28). The van der Waals surface area contributed by atoms with Crippen LogP contribution >= 0.6 is 23.2 Å². The summed E-state index contributed by atoms with van der Waals surface area (Å²) in [6.45, 7) is 4.32. The van der Waals surface area contributed by atoms with Crippen LogP contribution in [0.3, 0.4) is 0 Å². The zero-order valence-electron chi connectivity index (χ0n) is 15.8. The van der Waals surface area contributed by atoms with Gasteiger partial charge in [0.15, 0.2) is 0 Å². The molecule has 1 aromatic heterocycles. The first-order valence-corrected chi connectivity index (χ1v) is 9.49. The van der Waals surface area contributed by atoms with Crippen LogP contribution < -0.4 is 10.6 Å². The number of carbonyl (C=O) groups excluding carboxylic acids is 1. The fourth-order valence-electron chi connectivity index (χ4n) is 3.00. The normalized spacial score (nSPS) is 10.6. The Morgan fingerprint density at radius 1 is 1.11 bits per heavy atom. The molecule has 1 amide bonds. The highest BCUT2D eigenvalue weighted by Gasteiger charge is 2.13. The van der Waals surface area contributed by atoms with Crippen LogP contribution in [0.5, 0.6) is 0 Å². The van der Waals surface area contributed by atoms with Gasteiger partial charge in [0.1, 0.15) is 5.82 Å². The van der Waals surface area contributed by atoms with Gasteiger partial charge in [-0.05, 0) is 55.3 Å². The van der Waals surface area contributed by atoms with Gasteiger partial charge in [-0.15, -0.1) is 0 Å². The fourth-order valence-corrected chi connectivity index (χ4v) is 3.38. The number of nitrogens with zero attached hydrogens (tertiary/aromatic N) is 2. The van der Waals surface area contributed by atoms with Gasteiger partial charge in [-0.1, -0.05) is 29.3 Å². The molecule has 0 saturated carbocycles. The molecule has 1 heterocycles. The molecule has 0 saturated heterocycles. The Bertz CT molecular complexity index is 1040. The SMILES string of the molecule is CNC(=O)c1ccc(C)c(NCc2nccc(-c3cc(Cl)ccc3Cl)n2)c1C. The second kappa shape index (κ2) is 8.59. The number of rotatable bonds is 5. The van der Waals surface area contributed by atoms with Crippen molar-refractivity contribution in [2.45, 2.75) is 20.4 Å². The molecule has 0 spiro atoms. The highest BCUT2D eigenvalue weighted by molar-refractivity contribution is 6.35. The van der Waals surface area contributed by atoms with Gasteiger partial charge >= 0.3 is 0 Å². The average molecular weight is 415 g/mol. The first-order valence-electron chi connectivity index (χ1n) is 8.74. The second-order valence-electron chi connectivity index (χ2n) is 6.34. The van der Waals surface area contributed by atoms with E-state index in [1.165, 1.54) is 0 Å². The minimum atomic E-state index is -0.116. The molecule has 0 bridgehead atoms. The number of hydrogen-bond donors (Lipinski definition) is 2. The average Bonchev–Trinajstić information content (AvgIpc) is 2.69. The molecular formula is C21H20Cl2N4O. The number of nitrogens with one attached hydrogen (secondary N) is 2. The third kappa shape index (κ3) is 4.26. The summed E-state index contributed by atoms with van der Waals surface area (Å²) in [5.74, 6) is 0.493. The molecule has 0 radical (unpaired) electrons. The van der Waals surface area contributed by atoms with Crippen molar-refractivity contribution in [2.75, 3.05) is 12.4 Å². The number of hydrogen-bond acceptors (Lipinski definition) is 4. The number of amides is 1. The van der Waals surface area contributed by atoms with Gasteiger partial charge in [0.05, 0.1) is 17.3 Å². The Labute approximate surface area is 174 Å². The summed E-state index contributed by atoms with van der Waals surface area (Å²) in [6, 6.07) is 10.8. The van der Waals surface area contributed by atoms with E-state index in [1.807, 2.05) is 26.0 Å². The molecule has 5 nitrogen and oxygen atoms in total. The minimum absolute atomic E-state index is 0.116. The van der Waals surface area contributed by atoms with E-state index in [-0.39, 0.29) is 5.91 Å². The lowest BCUT2D eigenvalue weighted by atomic mass is 10.0. The molecule has 2 aromatic carbocycles. The van der Waals surface area contributed by atoms with Crippen molar-refractivity contribution < 1.29 is 4.79 Å². The van der Waals surface area contributed by atoms with E-state index in [4.69, 9.17) is 23.2 Å². The Hall–Kier alpha value is -2.63. The number of carbonyl (C=O) groups is 1. The third-order valence-corrected chi connectivity index (χ3v) is 5.04. The van der Waals surface area contributed by atoms with Crippen LogP contribution in [0.15, 0.2) is 42.6 Å². The molecule has 3 rings (SSSR count). The molecule has 0 unspecified atom stereocenters. The molecule has 28 heavy (non-hydrogen) atoms. The first-order chi connectivity index (χ1) is 13.4. The number of halogens is 2. The van der Waals surface area contributed by atoms with Crippen molar-refractivity contribution in [3.63, 3.8) is 0 Å². The maximum atomic E-state index is 12.0. The molecule has 3 aromatic rings. The van der Waals surface area contributed by atoms with E-state index in [9.17, 15) is 4.79 Å². The Morgan fingerprint density at radius 2 is 1.89 bits per heavy atom. The van der Waals surface area contributed by atoms with E-state index >= 15 is 0 Å². The maximum Gasteiger partial charge on any atom is 0.251 e. The lowest BCUT2D eigenvalue weighted by Crippen LogP contribution is -2.20. The molecule has 0 aliphatic carbocycles. The lowest BCUT2D eigenvalue weighted by Gasteiger charge is -2.15. The highest BCUT2D eigenvalue weighted by atomic mass is 35.5. The van der Waals surface area contributed by atoms with E-state index in [0.29, 0.717) is 33.7 Å². The topological polar surface area (TPSA) is 66.9 Å². The monoisotopic (exact) mass is 414 g/mol. The van der Waals surface area contributed by atoms with Crippen LogP contribution in [0.25, 0.3) is 11.3 Å². The van der Waals surface area contributed by atoms with Gasteiger partial charge in [-0.25, -0.2) is 9.97 Å². The number of benzene rings is 2. The molecule has 0 fully saturated rings. The van der Waals surface area contributed by atoms with Crippen molar-refractivity contribution >= 4 is 34.8 Å². The van der Waals surface area contributed by atoms with Crippen LogP contribution in [-0.4, -0.2) is 22.9 Å². The maximum absolute atomic E-state index is 12.0. The zero-order valence-corrected chi connectivity index (χ0v) is 17.3. The van der Waals surface area contributed by atoms with Crippen molar-refractivity contribution in [3.05, 3.63) is 75.2 Å². The van der Waals surface area contributed by atoms with Crippen molar-refractivity contribution in [1.82, 2.24) is 15.3 Å². The van der Waals surface area contributed by atoms with E-state index in [1.54, 1.807) is 37.5 Å². The Morgan fingerprint density at radius 3 is 2.64 bits per heavy atom. The predicted molar refractivity (Wildman–Crippen MR) is 114 cm³/mol. The number of aryl methyl sites for hydroxylation is 1. The molecule has 2 N–H and O–H groups in total. The summed E-state index contributed by atoms with van der Waals surface area (Å²) in [5.41, 5.74) is 4.91. The largest absolute Gasteiger partial charge is 0.377 e. The van der Waals surface area contributed by atoms with Gasteiger partial charge < -0.3 is 10.6 Å². The smallest absolute Gasteiger partial charge is 0.251 e. The van der Waals surface area contributed by atoms with E-state index < -0.39 is 0 Å². The van der Waals surface area contributed by atoms with Crippen LogP contribution in [0, 0.1) is 13.8 Å². The predicted octanol–water partition coefficient (Wildman–Crippen LogP) is 5.04. The first kappa shape index (κ1) is 20.1. The summed E-state index contributed by atoms with van der Waals surface area (Å²) >= 11 is 12.4. The number of aromatic nitrogens is 2. The van der Waals surface area contributed by atoms with E-state index in [2.05, 4.69) is 20.6 Å². The Kier molecular flexibility index (Phi) is 6.17. The van der Waals surface area contributed by atoms with Gasteiger partial charge in [0.25, 0.3) is 5.91 Å². The lowest BCUT2D eigenvalue weighted by molar-refractivity contribution is 0.0962. The minimum Gasteiger partial charge on any atom is -0.377 e. The zero-order chi connectivity index (χ0) is 20.3. The molecule has 0 aliphatic rings. The third-order valence-electron chi connectivity index (χ3n) is 4.48. The molecule has 144 valence electrons. The summed E-state index contributed by atoms with van der Waals surface area (Å²) in [5, 5.41) is 7.19. The Balaban J connectivity index is 1.87. The van der Waals surface area contributed by atoms with Gasteiger partial charge in [0, 0.05) is 35.1 Å². The molecular weight excluding hydrogens is 395 g/mol. The van der Waals surface area contributed by atoms with Crippen molar-refractivity contribution in [1.29, 1.82) is 0 Å². The summed E-state index contributed by atoms with van der Waals surface area (Å²) in [6.07, 6.45) is 1.69. The quantitative estimate of drug-likeness (QED) is 0.613. The van der Waals surface area contributed by atoms with Crippen molar-refractivity contribution in [2.24, 2.45) is 0 Å². The summed E-state index contributed by atoms with van der Waals surface area (Å²) < 4.78 is 0. The van der Waals surface area contributed by atoms with Gasteiger partial charge in [0.2, 0.25) is 0 Å². The van der Waals surface area contributed by atoms with E-state index in [0.717, 1.165) is 22.4 Å². The summed E-state index contributed by atoms with van der Waals surface area (Å²) in [7, 11) is 1.62. The van der Waals surface area contributed by atoms with Crippen LogP contribution in [0.2, 0.25) is 10.0 Å². The van der Waals surface area contributed by atoms with Gasteiger partial charge in [-0.3, -0.25) is 4.79 Å². The highest BCUT2D eigenvalue weighted by Crippen LogP contribution is 2.29. The fraction of sp³-hybridized carbons (Fsp3) is 0.190. The molecule has 0 atom stereocenters. The van der Waals surface area contributed by atoms with Crippen LogP contribution in [-0.2, 0) is 6.54 Å². The number of anilines is 1. The van der Waals surface area contributed by atoms with Crippen LogP contribution in [0.4, 0.5) is 5.69 Å². The summed E-state index contributed by atoms with van der Waals surface area (Å²) in [4.78, 5) is 21.0. The van der Waals surface area contributed by atoms with Crippen molar-refractivity contribution in [3.8, 4) is 11.3 Å².